The molecule has 0 saturated carbocycles. The van der Waals surface area contributed by atoms with Gasteiger partial charge in [0.2, 0.25) is 5.76 Å². The molecule has 0 radical (unpaired) electrons. The van der Waals surface area contributed by atoms with Crippen LogP contribution in [0.25, 0.3) is 11.0 Å². The maximum Gasteiger partial charge on any atom is 0.416 e. The van der Waals surface area contributed by atoms with E-state index in [1.807, 2.05) is 32.9 Å². The van der Waals surface area contributed by atoms with Gasteiger partial charge in [-0.15, -0.1) is 0 Å². The summed E-state index contributed by atoms with van der Waals surface area (Å²) in [5, 5.41) is -0.0521. The lowest BCUT2D eigenvalue weighted by Gasteiger charge is -2.27. The molecule has 1 aliphatic heterocycles. The van der Waals surface area contributed by atoms with Gasteiger partial charge < -0.3 is 4.42 Å². The molecule has 2 heterocycles. The molecule has 1 unspecified atom stereocenters. The average Bonchev–Trinajstić information content (AvgIpc) is 3.11. The fourth-order valence-electron chi connectivity index (χ4n) is 4.52. The second-order valence-electron chi connectivity index (χ2n) is 9.81. The Labute approximate surface area is 203 Å². The van der Waals surface area contributed by atoms with Gasteiger partial charge in [0.15, 0.2) is 5.43 Å². The molecule has 1 atom stereocenters. The van der Waals surface area contributed by atoms with Gasteiger partial charge in [0.25, 0.3) is 5.91 Å². The first-order chi connectivity index (χ1) is 16.9. The Hall–Kier alpha value is -3.94. The Morgan fingerprint density at radius 2 is 1.56 bits per heavy atom. The Morgan fingerprint density at radius 3 is 2.19 bits per heavy atom. The molecule has 5 rings (SSSR count). The van der Waals surface area contributed by atoms with Gasteiger partial charge in [-0.25, -0.2) is 4.39 Å². The maximum absolute atomic E-state index is 14.0. The first-order valence-electron chi connectivity index (χ1n) is 11.2. The third-order valence-electron chi connectivity index (χ3n) is 6.38. The van der Waals surface area contributed by atoms with Crippen LogP contribution in [-0.2, 0) is 11.6 Å². The standard InChI is InChI=1S/C28H21F4NO3/c1-27(2,3)16-9-7-15(8-10-16)23-22-24(34)20-14-18(29)11-12-21(20)36-25(22)26(35)33(23)19-6-4-5-17(13-19)28(30,31)32/h4-14,23H,1-3H3. The Balaban J connectivity index is 1.77. The van der Waals surface area contributed by atoms with E-state index in [-0.39, 0.29) is 33.4 Å². The Morgan fingerprint density at radius 1 is 0.861 bits per heavy atom. The fraction of sp³-hybridized carbons (Fsp3) is 0.214. The zero-order chi connectivity index (χ0) is 26.0. The second kappa shape index (κ2) is 8.05. The summed E-state index contributed by atoms with van der Waals surface area (Å²) < 4.78 is 60.1. The van der Waals surface area contributed by atoms with Gasteiger partial charge in [-0.1, -0.05) is 51.1 Å². The van der Waals surface area contributed by atoms with Crippen molar-refractivity contribution in [3.8, 4) is 0 Å². The van der Waals surface area contributed by atoms with Gasteiger partial charge in [0.1, 0.15) is 11.4 Å². The van der Waals surface area contributed by atoms with E-state index in [4.69, 9.17) is 4.42 Å². The highest BCUT2D eigenvalue weighted by Crippen LogP contribution is 2.43. The van der Waals surface area contributed by atoms with E-state index in [0.29, 0.717) is 5.56 Å². The van der Waals surface area contributed by atoms with E-state index in [0.717, 1.165) is 34.7 Å². The average molecular weight is 495 g/mol. The largest absolute Gasteiger partial charge is 0.450 e. The lowest BCUT2D eigenvalue weighted by atomic mass is 9.86. The van der Waals surface area contributed by atoms with Crippen molar-refractivity contribution in [2.75, 3.05) is 4.90 Å². The molecule has 0 spiro atoms. The Kier molecular flexibility index (Phi) is 5.32. The van der Waals surface area contributed by atoms with E-state index >= 15 is 0 Å². The molecule has 0 bridgehead atoms. The topological polar surface area (TPSA) is 50.5 Å². The number of fused-ring (bicyclic) bond motifs is 2. The molecule has 36 heavy (non-hydrogen) atoms. The number of nitrogens with zero attached hydrogens (tertiary/aromatic N) is 1. The van der Waals surface area contributed by atoms with Crippen LogP contribution in [0.2, 0.25) is 0 Å². The number of hydrogen-bond acceptors (Lipinski definition) is 3. The first kappa shape index (κ1) is 23.8. The van der Waals surface area contributed by atoms with Crippen LogP contribution in [0.1, 0.15) is 59.6 Å². The number of carbonyl (C=O) groups is 1. The monoisotopic (exact) mass is 495 g/mol. The number of halogens is 4. The van der Waals surface area contributed by atoms with Crippen LogP contribution in [0.4, 0.5) is 23.2 Å². The molecule has 1 aliphatic rings. The Bertz CT molecular complexity index is 1560. The minimum atomic E-state index is -4.63. The molecule has 1 amide bonds. The molecular weight excluding hydrogens is 474 g/mol. The van der Waals surface area contributed by atoms with E-state index in [1.165, 1.54) is 18.2 Å². The highest BCUT2D eigenvalue weighted by atomic mass is 19.4. The molecule has 8 heteroatoms. The van der Waals surface area contributed by atoms with Crippen LogP contribution in [0.15, 0.2) is 75.9 Å². The smallest absolute Gasteiger partial charge is 0.416 e. The number of alkyl halides is 3. The normalized spacial score (nSPS) is 16.0. The summed E-state index contributed by atoms with van der Waals surface area (Å²) in [6.07, 6.45) is -4.63. The van der Waals surface area contributed by atoms with Gasteiger partial charge in [-0.05, 0) is 52.9 Å². The maximum atomic E-state index is 14.0. The minimum absolute atomic E-state index is 0.0150. The molecule has 0 aliphatic carbocycles. The summed E-state index contributed by atoms with van der Waals surface area (Å²) in [5.41, 5.74) is -0.281. The van der Waals surface area contributed by atoms with Crippen LogP contribution in [0.5, 0.6) is 0 Å². The zero-order valence-corrected chi connectivity index (χ0v) is 19.6. The zero-order valence-electron chi connectivity index (χ0n) is 19.6. The van der Waals surface area contributed by atoms with Crippen molar-refractivity contribution in [3.05, 3.63) is 111 Å². The summed E-state index contributed by atoms with van der Waals surface area (Å²) >= 11 is 0. The van der Waals surface area contributed by atoms with Crippen LogP contribution in [0, 0.1) is 5.82 Å². The number of rotatable bonds is 2. The van der Waals surface area contributed by atoms with Crippen LogP contribution >= 0.6 is 0 Å². The van der Waals surface area contributed by atoms with Gasteiger partial charge in [0, 0.05) is 5.69 Å². The third kappa shape index (κ3) is 3.86. The summed E-state index contributed by atoms with van der Waals surface area (Å²) in [7, 11) is 0. The van der Waals surface area contributed by atoms with E-state index in [1.54, 1.807) is 12.1 Å². The SMILES string of the molecule is CC(C)(C)c1ccc(C2c3c(oc4ccc(F)cc4c3=O)C(=O)N2c2cccc(C(F)(F)F)c2)cc1. The third-order valence-corrected chi connectivity index (χ3v) is 6.38. The van der Waals surface area contributed by atoms with Crippen LogP contribution < -0.4 is 10.3 Å². The van der Waals surface area contributed by atoms with Crippen molar-refractivity contribution >= 4 is 22.6 Å². The van der Waals surface area contributed by atoms with Crippen molar-refractivity contribution in [2.24, 2.45) is 0 Å². The molecule has 4 nitrogen and oxygen atoms in total. The molecular formula is C28H21F4NO3. The molecule has 0 fully saturated rings. The summed E-state index contributed by atoms with van der Waals surface area (Å²) in [6.45, 7) is 6.09. The van der Waals surface area contributed by atoms with Crippen LogP contribution in [-0.4, -0.2) is 5.91 Å². The van der Waals surface area contributed by atoms with Gasteiger partial charge in [-0.2, -0.15) is 13.2 Å². The quantitative estimate of drug-likeness (QED) is 0.282. The molecule has 184 valence electrons. The lowest BCUT2D eigenvalue weighted by Crippen LogP contribution is -2.29. The van der Waals surface area contributed by atoms with Crippen molar-refractivity contribution < 1.29 is 26.8 Å². The van der Waals surface area contributed by atoms with Gasteiger partial charge in [-0.3, -0.25) is 14.5 Å². The van der Waals surface area contributed by atoms with Crippen molar-refractivity contribution in [2.45, 2.75) is 38.4 Å². The van der Waals surface area contributed by atoms with E-state index in [9.17, 15) is 27.2 Å². The highest BCUT2D eigenvalue weighted by molar-refractivity contribution is 6.10. The van der Waals surface area contributed by atoms with E-state index in [2.05, 4.69) is 0 Å². The second-order valence-corrected chi connectivity index (χ2v) is 9.81. The summed E-state index contributed by atoms with van der Waals surface area (Å²) in [6, 6.07) is 13.8. The van der Waals surface area contributed by atoms with Crippen molar-refractivity contribution in [1.29, 1.82) is 0 Å². The molecule has 3 aromatic carbocycles. The lowest BCUT2D eigenvalue weighted by molar-refractivity contribution is -0.137. The van der Waals surface area contributed by atoms with Gasteiger partial charge >= 0.3 is 6.18 Å². The van der Waals surface area contributed by atoms with Crippen molar-refractivity contribution in [1.82, 2.24) is 0 Å². The molecule has 0 N–H and O–H groups in total. The van der Waals surface area contributed by atoms with E-state index < -0.39 is 34.9 Å². The molecule has 1 aromatic heterocycles. The number of amides is 1. The van der Waals surface area contributed by atoms with Crippen LogP contribution in [0.3, 0.4) is 0 Å². The molecule has 0 saturated heterocycles. The minimum Gasteiger partial charge on any atom is -0.450 e. The first-order valence-corrected chi connectivity index (χ1v) is 11.2. The highest BCUT2D eigenvalue weighted by Gasteiger charge is 2.44. The number of benzene rings is 3. The summed E-state index contributed by atoms with van der Waals surface area (Å²) in [5.74, 6) is -1.68. The number of carbonyl (C=O) groups excluding carboxylic acids is 1. The number of anilines is 1. The predicted octanol–water partition coefficient (Wildman–Crippen LogP) is 7.00. The summed E-state index contributed by atoms with van der Waals surface area (Å²) in [4.78, 5) is 28.2. The van der Waals surface area contributed by atoms with Gasteiger partial charge in [0.05, 0.1) is 22.6 Å². The molecule has 4 aromatic rings. The predicted molar refractivity (Wildman–Crippen MR) is 128 cm³/mol. The fourth-order valence-corrected chi connectivity index (χ4v) is 4.52. The number of hydrogen-bond donors (Lipinski definition) is 0. The van der Waals surface area contributed by atoms with Crippen molar-refractivity contribution in [3.63, 3.8) is 0 Å².